The second kappa shape index (κ2) is 6.23. The lowest BCUT2D eigenvalue weighted by Gasteiger charge is -2.38. The topological polar surface area (TPSA) is 49.3 Å². The van der Waals surface area contributed by atoms with Crippen molar-refractivity contribution in [1.29, 1.82) is 0 Å². The van der Waals surface area contributed by atoms with E-state index in [-0.39, 0.29) is 12.0 Å². The predicted octanol–water partition coefficient (Wildman–Crippen LogP) is 5.43. The van der Waals surface area contributed by atoms with E-state index >= 15 is 0 Å². The molecule has 0 spiro atoms. The molecule has 0 fully saturated rings. The summed E-state index contributed by atoms with van der Waals surface area (Å²) in [5, 5.41) is 13.7. The summed E-state index contributed by atoms with van der Waals surface area (Å²) in [5.74, 6) is -0.520. The van der Waals surface area contributed by atoms with Crippen LogP contribution in [-0.4, -0.2) is 11.1 Å². The maximum atomic E-state index is 11.7. The van der Waals surface area contributed by atoms with Crippen LogP contribution in [0.2, 0.25) is 5.02 Å². The fourth-order valence-electron chi connectivity index (χ4n) is 4.15. The van der Waals surface area contributed by atoms with Gasteiger partial charge in [0.2, 0.25) is 0 Å². The van der Waals surface area contributed by atoms with Crippen LogP contribution >= 0.6 is 11.6 Å². The molecule has 25 heavy (non-hydrogen) atoms. The Bertz CT molecular complexity index is 857. The van der Waals surface area contributed by atoms with Crippen molar-refractivity contribution < 1.29 is 9.90 Å². The van der Waals surface area contributed by atoms with Crippen molar-refractivity contribution >= 4 is 23.3 Å². The minimum Gasteiger partial charge on any atom is -0.478 e. The summed E-state index contributed by atoms with van der Waals surface area (Å²) in [6.07, 6.45) is 6.25. The van der Waals surface area contributed by atoms with E-state index in [0.717, 1.165) is 24.1 Å². The molecule has 128 valence electrons. The van der Waals surface area contributed by atoms with Crippen LogP contribution < -0.4 is 5.32 Å². The van der Waals surface area contributed by atoms with Gasteiger partial charge in [-0.3, -0.25) is 0 Å². The maximum Gasteiger partial charge on any atom is 0.336 e. The normalized spacial score (nSPS) is 23.7. The molecule has 2 aliphatic rings. The van der Waals surface area contributed by atoms with Gasteiger partial charge in [-0.1, -0.05) is 54.9 Å². The molecule has 0 radical (unpaired) electrons. The zero-order valence-electron chi connectivity index (χ0n) is 14.0. The monoisotopic (exact) mass is 353 g/mol. The molecule has 3 atom stereocenters. The highest BCUT2D eigenvalue weighted by molar-refractivity contribution is 6.33. The second-order valence-corrected chi connectivity index (χ2v) is 7.17. The van der Waals surface area contributed by atoms with Crippen molar-refractivity contribution in [2.24, 2.45) is 5.92 Å². The Morgan fingerprint density at radius 1 is 1.24 bits per heavy atom. The molecule has 4 rings (SSSR count). The SMILES string of the molecule is CCc1ccc([C@@H]2Nc3c(Cl)ccc(C(=O)O)c3[C@@H]3C=CC[C@@H]32)cc1. The first kappa shape index (κ1) is 16.2. The minimum absolute atomic E-state index is 0.0805. The fourth-order valence-corrected chi connectivity index (χ4v) is 4.37. The molecule has 2 aromatic carbocycles. The largest absolute Gasteiger partial charge is 0.478 e. The number of hydrogen-bond acceptors (Lipinski definition) is 2. The molecule has 1 aliphatic heterocycles. The van der Waals surface area contributed by atoms with E-state index in [4.69, 9.17) is 11.6 Å². The van der Waals surface area contributed by atoms with Crippen molar-refractivity contribution in [2.45, 2.75) is 31.7 Å². The molecule has 3 nitrogen and oxygen atoms in total. The van der Waals surface area contributed by atoms with Gasteiger partial charge in [-0.05, 0) is 47.6 Å². The smallest absolute Gasteiger partial charge is 0.336 e. The Morgan fingerprint density at radius 2 is 2.00 bits per heavy atom. The quantitative estimate of drug-likeness (QED) is 0.723. The van der Waals surface area contributed by atoms with E-state index in [2.05, 4.69) is 48.7 Å². The zero-order chi connectivity index (χ0) is 17.6. The Morgan fingerprint density at radius 3 is 2.68 bits per heavy atom. The fraction of sp³-hybridized carbons (Fsp3) is 0.286. The lowest BCUT2D eigenvalue weighted by atomic mass is 9.75. The number of fused-ring (bicyclic) bond motifs is 3. The number of anilines is 1. The Labute approximate surface area is 152 Å². The molecule has 0 aromatic heterocycles. The first-order chi connectivity index (χ1) is 12.1. The van der Waals surface area contributed by atoms with E-state index in [1.54, 1.807) is 12.1 Å². The van der Waals surface area contributed by atoms with Crippen molar-refractivity contribution in [2.75, 3.05) is 5.32 Å². The van der Waals surface area contributed by atoms with Gasteiger partial charge in [0.25, 0.3) is 0 Å². The third-order valence-electron chi connectivity index (χ3n) is 5.45. The van der Waals surface area contributed by atoms with Crippen LogP contribution in [0.15, 0.2) is 48.6 Å². The standard InChI is InChI=1S/C21H20ClNO2/c1-2-12-6-8-13(9-7-12)19-15-5-3-4-14(15)18-16(21(24)25)10-11-17(22)20(18)23-19/h3-4,6-11,14-15,19,23H,2,5H2,1H3,(H,24,25)/t14-,15+,19+/m1/s1. The van der Waals surface area contributed by atoms with Crippen molar-refractivity contribution in [1.82, 2.24) is 0 Å². The number of hydrogen-bond donors (Lipinski definition) is 2. The van der Waals surface area contributed by atoms with Gasteiger partial charge in [-0.15, -0.1) is 0 Å². The molecular formula is C21H20ClNO2. The summed E-state index contributed by atoms with van der Waals surface area (Å²) in [5.41, 5.74) is 4.46. The van der Waals surface area contributed by atoms with Gasteiger partial charge < -0.3 is 10.4 Å². The van der Waals surface area contributed by atoms with Crippen LogP contribution in [0.1, 0.15) is 52.4 Å². The van der Waals surface area contributed by atoms with Gasteiger partial charge >= 0.3 is 5.97 Å². The number of nitrogens with one attached hydrogen (secondary N) is 1. The summed E-state index contributed by atoms with van der Waals surface area (Å²) in [4.78, 5) is 11.7. The molecule has 0 saturated carbocycles. The zero-order valence-corrected chi connectivity index (χ0v) is 14.8. The second-order valence-electron chi connectivity index (χ2n) is 6.76. The average Bonchev–Trinajstić information content (AvgIpc) is 3.11. The lowest BCUT2D eigenvalue weighted by Crippen LogP contribution is -2.30. The number of carboxylic acid groups (broad SMARTS) is 1. The summed E-state index contributed by atoms with van der Waals surface area (Å²) >= 11 is 6.43. The summed E-state index contributed by atoms with van der Waals surface area (Å²) in [6.45, 7) is 2.15. The molecule has 1 aliphatic carbocycles. The summed E-state index contributed by atoms with van der Waals surface area (Å²) < 4.78 is 0. The molecule has 2 N–H and O–H groups in total. The molecule has 4 heteroatoms. The Balaban J connectivity index is 1.82. The van der Waals surface area contributed by atoms with Crippen molar-refractivity contribution in [3.05, 3.63) is 75.8 Å². The molecule has 0 bridgehead atoms. The van der Waals surface area contributed by atoms with Crippen molar-refractivity contribution in [3.63, 3.8) is 0 Å². The average molecular weight is 354 g/mol. The van der Waals surface area contributed by atoms with Crippen LogP contribution in [0.4, 0.5) is 5.69 Å². The van der Waals surface area contributed by atoms with Gasteiger partial charge in [0.1, 0.15) is 0 Å². The van der Waals surface area contributed by atoms with E-state index < -0.39 is 5.97 Å². The number of allylic oxidation sites excluding steroid dienone is 2. The molecular weight excluding hydrogens is 334 g/mol. The first-order valence-electron chi connectivity index (χ1n) is 8.68. The van der Waals surface area contributed by atoms with Crippen LogP contribution in [-0.2, 0) is 6.42 Å². The predicted molar refractivity (Wildman–Crippen MR) is 101 cm³/mol. The highest BCUT2D eigenvalue weighted by Gasteiger charge is 2.40. The van der Waals surface area contributed by atoms with Gasteiger partial charge in [0, 0.05) is 5.92 Å². The van der Waals surface area contributed by atoms with E-state index in [1.165, 1.54) is 11.1 Å². The summed E-state index contributed by atoms with van der Waals surface area (Å²) in [7, 11) is 0. The number of aromatic carboxylic acids is 1. The number of halogens is 1. The number of benzene rings is 2. The lowest BCUT2D eigenvalue weighted by molar-refractivity contribution is 0.0695. The molecule has 0 saturated heterocycles. The number of carboxylic acids is 1. The molecule has 0 unspecified atom stereocenters. The first-order valence-corrected chi connectivity index (χ1v) is 9.05. The third-order valence-corrected chi connectivity index (χ3v) is 5.76. The van der Waals surface area contributed by atoms with Gasteiger partial charge in [0.15, 0.2) is 0 Å². The highest BCUT2D eigenvalue weighted by atomic mass is 35.5. The number of rotatable bonds is 3. The van der Waals surface area contributed by atoms with E-state index in [1.807, 2.05) is 0 Å². The van der Waals surface area contributed by atoms with Crippen LogP contribution in [0.25, 0.3) is 0 Å². The Kier molecular flexibility index (Phi) is 4.04. The van der Waals surface area contributed by atoms with Gasteiger partial charge in [-0.25, -0.2) is 4.79 Å². The minimum atomic E-state index is -0.903. The summed E-state index contributed by atoms with van der Waals surface area (Å²) in [6, 6.07) is 12.1. The highest BCUT2D eigenvalue weighted by Crippen LogP contribution is 2.52. The Hall–Kier alpha value is -2.26. The van der Waals surface area contributed by atoms with E-state index in [0.29, 0.717) is 16.5 Å². The van der Waals surface area contributed by atoms with Crippen molar-refractivity contribution in [3.8, 4) is 0 Å². The maximum absolute atomic E-state index is 11.7. The van der Waals surface area contributed by atoms with Gasteiger partial charge in [-0.2, -0.15) is 0 Å². The number of carbonyl (C=O) groups is 1. The van der Waals surface area contributed by atoms with Crippen LogP contribution in [0.5, 0.6) is 0 Å². The van der Waals surface area contributed by atoms with E-state index in [9.17, 15) is 9.90 Å². The molecule has 1 heterocycles. The molecule has 2 aromatic rings. The third kappa shape index (κ3) is 2.63. The van der Waals surface area contributed by atoms with Crippen LogP contribution in [0, 0.1) is 5.92 Å². The number of aryl methyl sites for hydroxylation is 1. The van der Waals surface area contributed by atoms with Crippen LogP contribution in [0.3, 0.4) is 0 Å². The van der Waals surface area contributed by atoms with Gasteiger partial charge in [0.05, 0.1) is 22.3 Å². The molecule has 0 amide bonds.